The molecule has 0 amide bonds. The van der Waals surface area contributed by atoms with Crippen molar-refractivity contribution in [2.45, 2.75) is 0 Å². The van der Waals surface area contributed by atoms with Crippen molar-refractivity contribution < 1.29 is 18.7 Å². The van der Waals surface area contributed by atoms with Gasteiger partial charge in [-0.3, -0.25) is 0 Å². The molecule has 0 unspecified atom stereocenters. The maximum Gasteiger partial charge on any atom is 0.341 e. The Morgan fingerprint density at radius 3 is 2.27 bits per heavy atom. The number of carboxylic acid groups (broad SMARTS) is 1. The van der Waals surface area contributed by atoms with Crippen LogP contribution in [0.3, 0.4) is 0 Å². The summed E-state index contributed by atoms with van der Waals surface area (Å²) in [6.07, 6.45) is 0. The maximum absolute atomic E-state index is 13.0. The molecule has 0 spiro atoms. The number of halogens is 2. The van der Waals surface area contributed by atoms with Crippen LogP contribution in [0.15, 0.2) is 12.1 Å². The van der Waals surface area contributed by atoms with E-state index in [0.717, 1.165) is 12.1 Å². The Bertz CT molecular complexity index is 497. The molecule has 3 nitrogen and oxygen atoms in total. The van der Waals surface area contributed by atoms with Crippen LogP contribution < -0.4 is 0 Å². The van der Waals surface area contributed by atoms with E-state index in [1.807, 2.05) is 5.92 Å². The maximum atomic E-state index is 13.0. The number of hydrogen-bond donors (Lipinski definition) is 1. The van der Waals surface area contributed by atoms with E-state index in [1.54, 1.807) is 0 Å². The van der Waals surface area contributed by atoms with Crippen molar-refractivity contribution in [3.05, 3.63) is 34.9 Å². The molecule has 0 aliphatic rings. The second-order valence-corrected chi connectivity index (χ2v) is 2.48. The highest BCUT2D eigenvalue weighted by Crippen LogP contribution is 2.14. The zero-order valence-corrected chi connectivity index (χ0v) is 7.21. The molecule has 0 saturated carbocycles. The quantitative estimate of drug-likeness (QED) is 0.710. The second kappa shape index (κ2) is 4.21. The minimum atomic E-state index is -1.69. The summed E-state index contributed by atoms with van der Waals surface area (Å²) in [5.41, 5.74) is -1.12. The van der Waals surface area contributed by atoms with Crippen molar-refractivity contribution in [1.29, 1.82) is 5.26 Å². The van der Waals surface area contributed by atoms with E-state index in [-0.39, 0.29) is 5.56 Å². The van der Waals surface area contributed by atoms with Gasteiger partial charge in [0.15, 0.2) is 6.07 Å². The third kappa shape index (κ3) is 2.29. The predicted octanol–water partition coefficient (Wildman–Crippen LogP) is 1.54. The number of carboxylic acids is 1. The van der Waals surface area contributed by atoms with Gasteiger partial charge in [0.1, 0.15) is 17.2 Å². The molecular weight excluding hydrogens is 204 g/mol. The molecule has 1 aromatic carbocycles. The highest BCUT2D eigenvalue weighted by atomic mass is 19.1. The second-order valence-electron chi connectivity index (χ2n) is 2.48. The van der Waals surface area contributed by atoms with E-state index in [9.17, 15) is 13.6 Å². The first-order chi connectivity index (χ1) is 7.06. The standard InChI is InChI=1S/C10H3F2NO2/c11-7-4-6(2-1-3-13)5-8(12)9(7)10(14)15/h4-5H,(H,14,15). The van der Waals surface area contributed by atoms with Crippen LogP contribution >= 0.6 is 0 Å². The molecule has 0 radical (unpaired) electrons. The Labute approximate surface area is 83.6 Å². The summed E-state index contributed by atoms with van der Waals surface area (Å²) in [6, 6.07) is 2.99. The summed E-state index contributed by atoms with van der Waals surface area (Å²) in [6.45, 7) is 0. The molecule has 0 saturated heterocycles. The molecule has 0 aromatic heterocycles. The van der Waals surface area contributed by atoms with Crippen LogP contribution in [0, 0.1) is 34.8 Å². The largest absolute Gasteiger partial charge is 0.477 e. The van der Waals surface area contributed by atoms with Crippen LogP contribution in [0.1, 0.15) is 15.9 Å². The summed E-state index contributed by atoms with van der Waals surface area (Å²) >= 11 is 0. The molecule has 0 bridgehead atoms. The Morgan fingerprint density at radius 1 is 1.33 bits per heavy atom. The van der Waals surface area contributed by atoms with Crippen molar-refractivity contribution in [3.63, 3.8) is 0 Å². The van der Waals surface area contributed by atoms with Gasteiger partial charge in [-0.05, 0) is 12.1 Å². The summed E-state index contributed by atoms with van der Waals surface area (Å²) in [4.78, 5) is 10.4. The van der Waals surface area contributed by atoms with E-state index < -0.39 is 23.2 Å². The Hall–Kier alpha value is -2.40. The highest BCUT2D eigenvalue weighted by molar-refractivity contribution is 5.88. The number of carbonyl (C=O) groups is 1. The lowest BCUT2D eigenvalue weighted by molar-refractivity contribution is 0.0686. The third-order valence-electron chi connectivity index (χ3n) is 1.52. The van der Waals surface area contributed by atoms with Gasteiger partial charge < -0.3 is 5.11 Å². The van der Waals surface area contributed by atoms with E-state index in [0.29, 0.717) is 0 Å². The molecule has 0 aliphatic heterocycles. The molecule has 15 heavy (non-hydrogen) atoms. The van der Waals surface area contributed by atoms with Gasteiger partial charge in [0, 0.05) is 11.5 Å². The summed E-state index contributed by atoms with van der Waals surface area (Å²) in [5, 5.41) is 16.5. The van der Waals surface area contributed by atoms with Crippen LogP contribution in [-0.2, 0) is 0 Å². The molecule has 5 heteroatoms. The molecule has 0 fully saturated rings. The number of benzene rings is 1. The molecule has 74 valence electrons. The van der Waals surface area contributed by atoms with Gasteiger partial charge in [0.05, 0.1) is 0 Å². The van der Waals surface area contributed by atoms with E-state index >= 15 is 0 Å². The first kappa shape index (κ1) is 10.7. The SMILES string of the molecule is N#CC#Cc1cc(F)c(C(=O)O)c(F)c1. The molecule has 1 N–H and O–H groups in total. The van der Waals surface area contributed by atoms with Gasteiger partial charge in [0.2, 0.25) is 0 Å². The first-order valence-corrected chi connectivity index (χ1v) is 3.68. The molecule has 0 heterocycles. The zero-order chi connectivity index (χ0) is 11.4. The minimum Gasteiger partial charge on any atom is -0.477 e. The number of hydrogen-bond acceptors (Lipinski definition) is 2. The smallest absolute Gasteiger partial charge is 0.341 e. The molecule has 0 aliphatic carbocycles. The monoisotopic (exact) mass is 207 g/mol. The third-order valence-corrected chi connectivity index (χ3v) is 1.52. The summed E-state index contributed by atoms with van der Waals surface area (Å²) in [5.74, 6) is -0.0251. The van der Waals surface area contributed by atoms with E-state index in [2.05, 4.69) is 5.92 Å². The average molecular weight is 207 g/mol. The predicted molar refractivity (Wildman–Crippen MR) is 45.8 cm³/mol. The number of nitriles is 1. The summed E-state index contributed by atoms with van der Waals surface area (Å²) in [7, 11) is 0. The molecular formula is C10H3F2NO2. The number of nitrogens with zero attached hydrogens (tertiary/aromatic N) is 1. The van der Waals surface area contributed by atoms with Gasteiger partial charge >= 0.3 is 5.97 Å². The normalized spacial score (nSPS) is 8.60. The number of rotatable bonds is 1. The topological polar surface area (TPSA) is 61.1 Å². The van der Waals surface area contributed by atoms with Crippen LogP contribution in [0.25, 0.3) is 0 Å². The zero-order valence-electron chi connectivity index (χ0n) is 7.21. The van der Waals surface area contributed by atoms with Crippen molar-refractivity contribution in [2.75, 3.05) is 0 Å². The van der Waals surface area contributed by atoms with Crippen LogP contribution in [0.4, 0.5) is 8.78 Å². The van der Waals surface area contributed by atoms with Crippen LogP contribution in [0.5, 0.6) is 0 Å². The fourth-order valence-electron chi connectivity index (χ4n) is 0.950. The van der Waals surface area contributed by atoms with Crippen molar-refractivity contribution in [2.24, 2.45) is 0 Å². The van der Waals surface area contributed by atoms with E-state index in [4.69, 9.17) is 10.4 Å². The van der Waals surface area contributed by atoms with Gasteiger partial charge in [0.25, 0.3) is 0 Å². The lowest BCUT2D eigenvalue weighted by Crippen LogP contribution is -2.04. The van der Waals surface area contributed by atoms with Crippen molar-refractivity contribution in [3.8, 4) is 17.9 Å². The van der Waals surface area contributed by atoms with Gasteiger partial charge in [-0.15, -0.1) is 0 Å². The van der Waals surface area contributed by atoms with Crippen molar-refractivity contribution in [1.82, 2.24) is 0 Å². The molecule has 0 atom stereocenters. The molecule has 1 aromatic rings. The fraction of sp³-hybridized carbons (Fsp3) is 0. The Balaban J connectivity index is 3.33. The molecule has 1 rings (SSSR count). The van der Waals surface area contributed by atoms with E-state index in [1.165, 1.54) is 6.07 Å². The highest BCUT2D eigenvalue weighted by Gasteiger charge is 2.16. The van der Waals surface area contributed by atoms with Gasteiger partial charge in [-0.25, -0.2) is 13.6 Å². The lowest BCUT2D eigenvalue weighted by Gasteiger charge is -1.99. The van der Waals surface area contributed by atoms with Crippen LogP contribution in [0.2, 0.25) is 0 Å². The Kier molecular flexibility index (Phi) is 3.00. The average Bonchev–Trinajstić information content (AvgIpc) is 2.12. The van der Waals surface area contributed by atoms with Gasteiger partial charge in [-0.2, -0.15) is 5.26 Å². The number of aromatic carboxylic acids is 1. The fourth-order valence-corrected chi connectivity index (χ4v) is 0.950. The van der Waals surface area contributed by atoms with Crippen molar-refractivity contribution >= 4 is 5.97 Å². The first-order valence-electron chi connectivity index (χ1n) is 3.68. The lowest BCUT2D eigenvalue weighted by atomic mass is 10.1. The minimum absolute atomic E-state index is 0.0865. The van der Waals surface area contributed by atoms with Gasteiger partial charge in [-0.1, -0.05) is 5.92 Å². The summed E-state index contributed by atoms with van der Waals surface area (Å²) < 4.78 is 26.0. The Morgan fingerprint density at radius 2 is 1.87 bits per heavy atom. The van der Waals surface area contributed by atoms with Crippen LogP contribution in [-0.4, -0.2) is 11.1 Å².